The largest absolute Gasteiger partial charge is 0.156 e. The third kappa shape index (κ3) is 6.30. The second-order valence-electron chi connectivity index (χ2n) is 5.64. The summed E-state index contributed by atoms with van der Waals surface area (Å²) < 4.78 is 23.5. The van der Waals surface area contributed by atoms with Gasteiger partial charge < -0.3 is 0 Å². The van der Waals surface area contributed by atoms with Gasteiger partial charge in [-0.15, -0.1) is 20.6 Å². The van der Waals surface area contributed by atoms with Gasteiger partial charge in [0.25, 0.3) is 0 Å². The van der Waals surface area contributed by atoms with E-state index in [1.807, 2.05) is 5.54 Å². The van der Waals surface area contributed by atoms with E-state index >= 15 is 0 Å². The van der Waals surface area contributed by atoms with Crippen LogP contribution >= 0.6 is 11.6 Å². The fourth-order valence-electron chi connectivity index (χ4n) is 2.70. The van der Waals surface area contributed by atoms with E-state index in [9.17, 15) is 8.96 Å². The van der Waals surface area contributed by atoms with Gasteiger partial charge >= 0.3 is 0 Å². The van der Waals surface area contributed by atoms with Gasteiger partial charge in [-0.25, -0.2) is 0 Å². The monoisotopic (exact) mass is 282 g/mol. The van der Waals surface area contributed by atoms with Crippen LogP contribution in [-0.4, -0.2) is 17.5 Å². The van der Waals surface area contributed by atoms with Gasteiger partial charge in [-0.05, 0) is 44.4 Å². The highest BCUT2D eigenvalue weighted by Crippen LogP contribution is 2.23. The maximum Gasteiger partial charge on any atom is 0.0374 e. The zero-order valence-corrected chi connectivity index (χ0v) is 11.9. The van der Waals surface area contributed by atoms with Crippen LogP contribution in [0.3, 0.4) is 0 Å². The second-order valence-corrected chi connectivity index (χ2v) is 6.25. The Balaban J connectivity index is 0.000000180. The Morgan fingerprint density at radius 1 is 0.889 bits per heavy atom. The van der Waals surface area contributed by atoms with Crippen LogP contribution in [0.25, 0.3) is 0 Å². The van der Waals surface area contributed by atoms with E-state index in [1.165, 1.54) is 12.8 Å². The average molecular weight is 283 g/mol. The van der Waals surface area contributed by atoms with Crippen molar-refractivity contribution >= 4 is 11.6 Å². The molecule has 2 saturated carbocycles. The molecule has 2 N–H and O–H groups in total. The van der Waals surface area contributed by atoms with Crippen molar-refractivity contribution in [2.75, 3.05) is 0 Å². The van der Waals surface area contributed by atoms with Crippen LogP contribution in [0.15, 0.2) is 0 Å². The minimum absolute atomic E-state index is 0.0694. The van der Waals surface area contributed by atoms with Gasteiger partial charge in [0.05, 0.1) is 0 Å². The van der Waals surface area contributed by atoms with Crippen molar-refractivity contribution in [2.45, 2.75) is 75.8 Å². The standard InChI is InChI=1S/C7H14FN.C6H11ClFN/c1-6-3-2-4-7(5-6)9-8;7-5-1-3-6(9-8)4-2-5/h6-7,9H,2-5H2,1H3;5-6,9H,1-4H2. The minimum Gasteiger partial charge on any atom is -0.156 e. The van der Waals surface area contributed by atoms with E-state index in [4.69, 9.17) is 11.6 Å². The molecule has 18 heavy (non-hydrogen) atoms. The molecular formula is C13H25ClF2N2. The summed E-state index contributed by atoms with van der Waals surface area (Å²) in [5, 5.41) is 0.287. The average Bonchev–Trinajstić information content (AvgIpc) is 2.40. The van der Waals surface area contributed by atoms with Crippen molar-refractivity contribution in [3.8, 4) is 0 Å². The molecule has 5 heteroatoms. The lowest BCUT2D eigenvalue weighted by molar-refractivity contribution is 0.198. The first kappa shape index (κ1) is 16.1. The number of alkyl halides is 1. The molecule has 0 heterocycles. The maximum absolute atomic E-state index is 11.8. The third-order valence-corrected chi connectivity index (χ3v) is 4.34. The molecule has 0 saturated heterocycles. The van der Waals surface area contributed by atoms with Gasteiger partial charge in [0, 0.05) is 17.5 Å². The van der Waals surface area contributed by atoms with Crippen LogP contribution in [0.5, 0.6) is 0 Å². The molecule has 0 aliphatic heterocycles. The van der Waals surface area contributed by atoms with Crippen LogP contribution < -0.4 is 11.1 Å². The predicted molar refractivity (Wildman–Crippen MR) is 71.8 cm³/mol. The Kier molecular flexibility index (Phi) is 8.11. The summed E-state index contributed by atoms with van der Waals surface area (Å²) >= 11 is 5.79. The Hall–Kier alpha value is 0.0700. The summed E-state index contributed by atoms with van der Waals surface area (Å²) in [6.07, 6.45) is 8.14. The highest BCUT2D eigenvalue weighted by atomic mass is 35.5. The van der Waals surface area contributed by atoms with Crippen LogP contribution in [0.4, 0.5) is 8.96 Å². The maximum atomic E-state index is 11.8. The zero-order valence-electron chi connectivity index (χ0n) is 11.1. The highest BCUT2D eigenvalue weighted by molar-refractivity contribution is 6.20. The topological polar surface area (TPSA) is 24.1 Å². The van der Waals surface area contributed by atoms with Gasteiger partial charge in [0.15, 0.2) is 0 Å². The molecule has 2 nitrogen and oxygen atoms in total. The third-order valence-electron chi connectivity index (χ3n) is 3.90. The molecule has 2 aliphatic carbocycles. The van der Waals surface area contributed by atoms with Crippen LogP contribution in [0.2, 0.25) is 0 Å². The SMILES string of the molecule is CC1CCCC(NF)C1.FNC1CCC(Cl)CC1. The van der Waals surface area contributed by atoms with E-state index in [2.05, 4.69) is 6.92 Å². The van der Waals surface area contributed by atoms with E-state index in [0.29, 0.717) is 5.92 Å². The predicted octanol–water partition coefficient (Wildman–Crippen LogP) is 4.05. The number of hydrogen-bond acceptors (Lipinski definition) is 2. The Morgan fingerprint density at radius 2 is 1.50 bits per heavy atom. The highest BCUT2D eigenvalue weighted by Gasteiger charge is 2.18. The summed E-state index contributed by atoms with van der Waals surface area (Å²) in [6.45, 7) is 2.18. The van der Waals surface area contributed by atoms with E-state index in [1.54, 1.807) is 5.54 Å². The van der Waals surface area contributed by atoms with E-state index in [-0.39, 0.29) is 17.5 Å². The lowest BCUT2D eigenvalue weighted by Crippen LogP contribution is -2.27. The molecule has 2 atom stereocenters. The van der Waals surface area contributed by atoms with Crippen molar-refractivity contribution in [1.29, 1.82) is 0 Å². The summed E-state index contributed by atoms with van der Waals surface area (Å²) in [4.78, 5) is 0. The molecule has 0 radical (unpaired) electrons. The first-order valence-corrected chi connectivity index (χ1v) is 7.45. The zero-order chi connectivity index (χ0) is 13.4. The number of halogens is 3. The molecule has 0 amide bonds. The smallest absolute Gasteiger partial charge is 0.0374 e. The number of nitrogens with one attached hydrogen (secondary N) is 2. The van der Waals surface area contributed by atoms with Gasteiger partial charge in [0.1, 0.15) is 0 Å². The normalized spacial score (nSPS) is 36.7. The van der Waals surface area contributed by atoms with Gasteiger partial charge in [-0.3, -0.25) is 0 Å². The quantitative estimate of drug-likeness (QED) is 0.590. The Labute approximate surface area is 114 Å². The molecule has 0 aromatic rings. The van der Waals surface area contributed by atoms with Gasteiger partial charge in [-0.1, -0.05) is 19.8 Å². The molecule has 0 aromatic heterocycles. The summed E-state index contributed by atoms with van der Waals surface area (Å²) in [5.74, 6) is 0.715. The molecule has 108 valence electrons. The number of hydrogen-bond donors (Lipinski definition) is 2. The van der Waals surface area contributed by atoms with Crippen molar-refractivity contribution < 1.29 is 8.96 Å². The van der Waals surface area contributed by atoms with Crippen LogP contribution in [0.1, 0.15) is 58.3 Å². The van der Waals surface area contributed by atoms with Crippen molar-refractivity contribution in [3.05, 3.63) is 0 Å². The summed E-state index contributed by atoms with van der Waals surface area (Å²) in [6, 6.07) is 0.216. The molecule has 0 spiro atoms. The Morgan fingerprint density at radius 3 is 1.94 bits per heavy atom. The van der Waals surface area contributed by atoms with Crippen LogP contribution in [0, 0.1) is 5.92 Å². The summed E-state index contributed by atoms with van der Waals surface area (Å²) in [5.41, 5.74) is 3.60. The summed E-state index contributed by atoms with van der Waals surface area (Å²) in [7, 11) is 0. The molecule has 2 aliphatic rings. The van der Waals surface area contributed by atoms with Crippen molar-refractivity contribution in [1.82, 2.24) is 11.1 Å². The van der Waals surface area contributed by atoms with Gasteiger partial charge in [-0.2, -0.15) is 11.1 Å². The van der Waals surface area contributed by atoms with Gasteiger partial charge in [0.2, 0.25) is 0 Å². The number of rotatable bonds is 2. The molecular weight excluding hydrogens is 258 g/mol. The second kappa shape index (κ2) is 9.05. The fraction of sp³-hybridized carbons (Fsp3) is 1.00. The first-order chi connectivity index (χ1) is 8.65. The molecule has 2 unspecified atom stereocenters. The minimum atomic E-state index is 0.0694. The molecule has 0 bridgehead atoms. The molecule has 2 rings (SSSR count). The molecule has 2 fully saturated rings. The van der Waals surface area contributed by atoms with Crippen molar-refractivity contribution in [2.24, 2.45) is 5.92 Å². The fourth-order valence-corrected chi connectivity index (χ4v) is 2.95. The van der Waals surface area contributed by atoms with Crippen LogP contribution in [-0.2, 0) is 0 Å². The lowest BCUT2D eigenvalue weighted by atomic mass is 9.88. The van der Waals surface area contributed by atoms with E-state index < -0.39 is 0 Å². The molecule has 0 aromatic carbocycles. The lowest BCUT2D eigenvalue weighted by Gasteiger charge is -2.23. The van der Waals surface area contributed by atoms with Crippen molar-refractivity contribution in [3.63, 3.8) is 0 Å². The Bertz CT molecular complexity index is 211. The van der Waals surface area contributed by atoms with E-state index in [0.717, 1.165) is 38.5 Å². The first-order valence-electron chi connectivity index (χ1n) is 7.02.